The van der Waals surface area contributed by atoms with Gasteiger partial charge in [0.05, 0.1) is 7.11 Å². The number of hydrogen-bond acceptors (Lipinski definition) is 6. The molecule has 0 aliphatic rings. The highest BCUT2D eigenvalue weighted by atomic mass is 16.5. The lowest BCUT2D eigenvalue weighted by Gasteiger charge is -2.04. The molecule has 0 unspecified atom stereocenters. The predicted molar refractivity (Wildman–Crippen MR) is 72.7 cm³/mol. The monoisotopic (exact) mass is 273 g/mol. The zero-order valence-electron chi connectivity index (χ0n) is 11.3. The van der Waals surface area contributed by atoms with E-state index in [1.54, 1.807) is 31.4 Å². The molecule has 0 saturated heterocycles. The fourth-order valence-electron chi connectivity index (χ4n) is 1.60. The van der Waals surface area contributed by atoms with Gasteiger partial charge in [0.25, 0.3) is 0 Å². The van der Waals surface area contributed by atoms with Crippen molar-refractivity contribution in [2.45, 2.75) is 13.5 Å². The Kier molecular flexibility index (Phi) is 4.45. The third kappa shape index (κ3) is 3.20. The quantitative estimate of drug-likeness (QED) is 0.871. The highest BCUT2D eigenvalue weighted by Crippen LogP contribution is 2.20. The van der Waals surface area contributed by atoms with Crippen LogP contribution in [0.3, 0.4) is 0 Å². The first-order chi connectivity index (χ1) is 9.76. The molecule has 0 saturated carbocycles. The summed E-state index contributed by atoms with van der Waals surface area (Å²) in [6, 6.07) is 9.16. The maximum Gasteiger partial charge on any atom is 0.236 e. The van der Waals surface area contributed by atoms with E-state index < -0.39 is 0 Å². The molecule has 1 N–H and O–H groups in total. The molecule has 0 bridgehead atoms. The Hall–Kier alpha value is -2.68. The average Bonchev–Trinajstić information content (AvgIpc) is 2.88. The van der Waals surface area contributed by atoms with Crippen LogP contribution in [0, 0.1) is 11.3 Å². The fourth-order valence-corrected chi connectivity index (χ4v) is 1.60. The minimum atomic E-state index is 0.159. The Bertz CT molecular complexity index is 599. The summed E-state index contributed by atoms with van der Waals surface area (Å²) in [7, 11) is 1.61. The summed E-state index contributed by atoms with van der Waals surface area (Å²) in [6.07, 6.45) is 0. The third-order valence-corrected chi connectivity index (χ3v) is 2.54. The second-order valence-electron chi connectivity index (χ2n) is 3.89. The van der Waals surface area contributed by atoms with Gasteiger partial charge in [-0.05, 0) is 31.2 Å². The van der Waals surface area contributed by atoms with Crippen molar-refractivity contribution >= 4 is 5.88 Å². The van der Waals surface area contributed by atoms with Gasteiger partial charge in [0, 0.05) is 6.54 Å². The average molecular weight is 273 g/mol. The predicted octanol–water partition coefficient (Wildman–Crippen LogP) is 2.57. The van der Waals surface area contributed by atoms with Crippen LogP contribution >= 0.6 is 0 Å². The number of nitrogens with zero attached hydrogens (tertiary/aromatic N) is 2. The van der Waals surface area contributed by atoms with E-state index in [4.69, 9.17) is 19.2 Å². The Labute approximate surface area is 116 Å². The largest absolute Gasteiger partial charge is 0.497 e. The van der Waals surface area contributed by atoms with Gasteiger partial charge < -0.3 is 19.2 Å². The van der Waals surface area contributed by atoms with Crippen LogP contribution in [0.1, 0.15) is 18.5 Å². The van der Waals surface area contributed by atoms with Gasteiger partial charge in [0.15, 0.2) is 6.61 Å². The maximum atomic E-state index is 8.93. The molecule has 0 aliphatic heterocycles. The number of rotatable bonds is 6. The van der Waals surface area contributed by atoms with E-state index in [0.717, 1.165) is 5.75 Å². The van der Waals surface area contributed by atoms with Gasteiger partial charge in [-0.15, -0.1) is 0 Å². The minimum absolute atomic E-state index is 0.159. The van der Waals surface area contributed by atoms with Crippen molar-refractivity contribution in [3.8, 4) is 17.6 Å². The second-order valence-corrected chi connectivity index (χ2v) is 3.89. The van der Waals surface area contributed by atoms with Gasteiger partial charge >= 0.3 is 0 Å². The molecular weight excluding hydrogens is 258 g/mol. The zero-order chi connectivity index (χ0) is 14.4. The summed E-state index contributed by atoms with van der Waals surface area (Å²) < 4.78 is 16.0. The van der Waals surface area contributed by atoms with Gasteiger partial charge in [-0.25, -0.2) is 0 Å². The maximum absolute atomic E-state index is 8.93. The Morgan fingerprint density at radius 2 is 2.00 bits per heavy atom. The molecule has 1 heterocycles. The summed E-state index contributed by atoms with van der Waals surface area (Å²) in [5.74, 6) is 2.17. The van der Waals surface area contributed by atoms with Crippen molar-refractivity contribution in [2.24, 2.45) is 0 Å². The topological polar surface area (TPSA) is 80.3 Å². The highest BCUT2D eigenvalue weighted by molar-refractivity contribution is 5.45. The smallest absolute Gasteiger partial charge is 0.236 e. The van der Waals surface area contributed by atoms with Crippen LogP contribution in [-0.2, 0) is 6.61 Å². The number of ether oxygens (including phenoxy) is 2. The number of benzene rings is 1. The Morgan fingerprint density at radius 3 is 2.60 bits per heavy atom. The zero-order valence-corrected chi connectivity index (χ0v) is 11.3. The molecule has 1 aromatic heterocycles. The highest BCUT2D eigenvalue weighted by Gasteiger charge is 2.12. The molecular formula is C14H15N3O3. The van der Waals surface area contributed by atoms with E-state index in [-0.39, 0.29) is 12.3 Å². The molecule has 104 valence electrons. The summed E-state index contributed by atoms with van der Waals surface area (Å²) in [5, 5.41) is 11.9. The van der Waals surface area contributed by atoms with Gasteiger partial charge in [0.2, 0.25) is 17.5 Å². The van der Waals surface area contributed by atoms with Gasteiger partial charge in [-0.2, -0.15) is 10.2 Å². The first-order valence-corrected chi connectivity index (χ1v) is 6.17. The lowest BCUT2D eigenvalue weighted by Crippen LogP contribution is -1.96. The number of nitriles is 1. The van der Waals surface area contributed by atoms with Crippen LogP contribution in [-0.4, -0.2) is 18.6 Å². The number of aromatic nitrogens is 1. The Morgan fingerprint density at radius 1 is 1.30 bits per heavy atom. The molecule has 2 aromatic rings. The van der Waals surface area contributed by atoms with Crippen LogP contribution in [0.25, 0.3) is 0 Å². The molecule has 0 spiro atoms. The molecule has 1 aromatic carbocycles. The first kappa shape index (κ1) is 13.7. The van der Waals surface area contributed by atoms with Crippen molar-refractivity contribution in [3.05, 3.63) is 35.9 Å². The van der Waals surface area contributed by atoms with Crippen molar-refractivity contribution < 1.29 is 13.9 Å². The summed E-state index contributed by atoms with van der Waals surface area (Å²) >= 11 is 0. The van der Waals surface area contributed by atoms with Crippen LogP contribution in [0.5, 0.6) is 11.5 Å². The third-order valence-electron chi connectivity index (χ3n) is 2.54. The van der Waals surface area contributed by atoms with E-state index >= 15 is 0 Å². The van der Waals surface area contributed by atoms with E-state index in [1.165, 1.54) is 0 Å². The second kappa shape index (κ2) is 6.48. The number of oxazole rings is 1. The van der Waals surface area contributed by atoms with Gasteiger partial charge in [-0.3, -0.25) is 0 Å². The van der Waals surface area contributed by atoms with E-state index in [1.807, 2.05) is 13.0 Å². The molecule has 2 rings (SSSR count). The van der Waals surface area contributed by atoms with Crippen molar-refractivity contribution in [3.63, 3.8) is 0 Å². The molecule has 6 nitrogen and oxygen atoms in total. The summed E-state index contributed by atoms with van der Waals surface area (Å²) in [5.41, 5.74) is 0.236. The van der Waals surface area contributed by atoms with E-state index in [9.17, 15) is 0 Å². The number of hydrogen-bond donors (Lipinski definition) is 1. The van der Waals surface area contributed by atoms with Crippen LogP contribution in [0.2, 0.25) is 0 Å². The standard InChI is InChI=1S/C14H15N3O3/c1-3-16-14-12(8-15)17-13(20-14)9-19-11-6-4-10(18-2)5-7-11/h4-7,16H,3,9H2,1-2H3. The van der Waals surface area contributed by atoms with Gasteiger partial charge in [-0.1, -0.05) is 0 Å². The molecule has 0 radical (unpaired) electrons. The van der Waals surface area contributed by atoms with Crippen LogP contribution in [0.4, 0.5) is 5.88 Å². The molecule has 0 amide bonds. The molecule has 6 heteroatoms. The lowest BCUT2D eigenvalue weighted by molar-refractivity contribution is 0.264. The normalized spacial score (nSPS) is 9.85. The molecule has 20 heavy (non-hydrogen) atoms. The SMILES string of the molecule is CCNc1oc(COc2ccc(OC)cc2)nc1C#N. The summed E-state index contributed by atoms with van der Waals surface area (Å²) in [4.78, 5) is 4.06. The number of anilines is 1. The van der Waals surface area contributed by atoms with E-state index in [0.29, 0.717) is 24.1 Å². The molecule has 0 fully saturated rings. The number of methoxy groups -OCH3 is 1. The summed E-state index contributed by atoms with van der Waals surface area (Å²) in [6.45, 7) is 2.73. The number of nitrogens with one attached hydrogen (secondary N) is 1. The van der Waals surface area contributed by atoms with Crippen molar-refractivity contribution in [1.82, 2.24) is 4.98 Å². The van der Waals surface area contributed by atoms with Crippen LogP contribution in [0.15, 0.2) is 28.7 Å². The van der Waals surface area contributed by atoms with Crippen molar-refractivity contribution in [2.75, 3.05) is 19.0 Å². The lowest BCUT2D eigenvalue weighted by atomic mass is 10.3. The van der Waals surface area contributed by atoms with Gasteiger partial charge in [0.1, 0.15) is 17.6 Å². The fraction of sp³-hybridized carbons (Fsp3) is 0.286. The van der Waals surface area contributed by atoms with Crippen LogP contribution < -0.4 is 14.8 Å². The first-order valence-electron chi connectivity index (χ1n) is 6.17. The Balaban J connectivity index is 2.01. The minimum Gasteiger partial charge on any atom is -0.497 e. The molecule has 0 atom stereocenters. The van der Waals surface area contributed by atoms with E-state index in [2.05, 4.69) is 10.3 Å². The molecule has 0 aliphatic carbocycles. The van der Waals surface area contributed by atoms with Crippen molar-refractivity contribution in [1.29, 1.82) is 5.26 Å².